The van der Waals surface area contributed by atoms with Crippen LogP contribution in [0.5, 0.6) is 5.75 Å². The van der Waals surface area contributed by atoms with Gasteiger partial charge in [-0.15, -0.1) is 10.2 Å². The summed E-state index contributed by atoms with van der Waals surface area (Å²) in [5, 5.41) is 12.4. The SMILES string of the molecule is CCc1nnc(NN=Cc2ccc(-c3ccc(OC)c(Cl)c3)o2)n1N. The van der Waals surface area contributed by atoms with Gasteiger partial charge in [-0.05, 0) is 30.3 Å². The van der Waals surface area contributed by atoms with Crippen LogP contribution >= 0.6 is 11.6 Å². The molecule has 0 spiro atoms. The molecule has 0 unspecified atom stereocenters. The van der Waals surface area contributed by atoms with Gasteiger partial charge in [0, 0.05) is 12.0 Å². The van der Waals surface area contributed by atoms with Gasteiger partial charge in [-0.1, -0.05) is 18.5 Å². The Kier molecular flexibility index (Phi) is 4.90. The summed E-state index contributed by atoms with van der Waals surface area (Å²) in [6, 6.07) is 9.06. The van der Waals surface area contributed by atoms with Crippen molar-refractivity contribution in [2.45, 2.75) is 13.3 Å². The molecule has 130 valence electrons. The van der Waals surface area contributed by atoms with Gasteiger partial charge >= 0.3 is 0 Å². The van der Waals surface area contributed by atoms with Crippen molar-refractivity contribution in [2.75, 3.05) is 18.4 Å². The summed E-state index contributed by atoms with van der Waals surface area (Å²) in [4.78, 5) is 0. The maximum atomic E-state index is 6.14. The molecule has 3 aromatic rings. The number of nitrogens with zero attached hydrogens (tertiary/aromatic N) is 4. The summed E-state index contributed by atoms with van der Waals surface area (Å²) in [6.07, 6.45) is 2.20. The number of rotatable bonds is 6. The van der Waals surface area contributed by atoms with Crippen LogP contribution in [-0.2, 0) is 6.42 Å². The van der Waals surface area contributed by atoms with Crippen LogP contribution in [0.15, 0.2) is 39.9 Å². The van der Waals surface area contributed by atoms with E-state index in [9.17, 15) is 0 Å². The summed E-state index contributed by atoms with van der Waals surface area (Å²) >= 11 is 6.14. The van der Waals surface area contributed by atoms with Crippen molar-refractivity contribution in [2.24, 2.45) is 5.10 Å². The summed E-state index contributed by atoms with van der Waals surface area (Å²) in [5.41, 5.74) is 3.57. The van der Waals surface area contributed by atoms with E-state index in [1.165, 1.54) is 10.9 Å². The molecular formula is C16H17ClN6O2. The van der Waals surface area contributed by atoms with E-state index in [1.54, 1.807) is 25.3 Å². The van der Waals surface area contributed by atoms with Crippen molar-refractivity contribution in [1.82, 2.24) is 14.9 Å². The second kappa shape index (κ2) is 7.27. The summed E-state index contributed by atoms with van der Waals surface area (Å²) in [5.74, 6) is 8.67. The average Bonchev–Trinajstić information content (AvgIpc) is 3.22. The number of ether oxygens (including phenoxy) is 1. The van der Waals surface area contributed by atoms with E-state index >= 15 is 0 Å². The lowest BCUT2D eigenvalue weighted by atomic mass is 10.2. The number of nitrogens with one attached hydrogen (secondary N) is 1. The van der Waals surface area contributed by atoms with E-state index in [0.717, 1.165) is 5.56 Å². The van der Waals surface area contributed by atoms with Gasteiger partial charge in [-0.3, -0.25) is 0 Å². The first-order valence-electron chi connectivity index (χ1n) is 7.54. The van der Waals surface area contributed by atoms with Crippen LogP contribution < -0.4 is 16.0 Å². The molecule has 0 saturated heterocycles. The Bertz CT molecular complexity index is 902. The number of halogens is 1. The smallest absolute Gasteiger partial charge is 0.263 e. The first-order valence-corrected chi connectivity index (χ1v) is 7.92. The number of methoxy groups -OCH3 is 1. The number of hydrazone groups is 1. The standard InChI is InChI=1S/C16H17ClN6O2/c1-3-15-20-22-16(23(15)18)21-19-9-11-5-7-13(25-11)10-4-6-14(24-2)12(17)8-10/h4-9H,3,18H2,1-2H3,(H,21,22). The van der Waals surface area contributed by atoms with Crippen LogP contribution in [0.1, 0.15) is 18.5 Å². The molecule has 0 amide bonds. The zero-order valence-electron chi connectivity index (χ0n) is 13.7. The van der Waals surface area contributed by atoms with Crippen LogP contribution in [-0.4, -0.2) is 28.2 Å². The Hall–Kier alpha value is -3.00. The number of nitrogens with two attached hydrogens (primary N) is 1. The highest BCUT2D eigenvalue weighted by molar-refractivity contribution is 6.32. The molecule has 0 saturated carbocycles. The molecule has 0 radical (unpaired) electrons. The van der Waals surface area contributed by atoms with E-state index in [-0.39, 0.29) is 0 Å². The molecule has 0 bridgehead atoms. The molecular weight excluding hydrogens is 344 g/mol. The number of hydrogen-bond donors (Lipinski definition) is 2. The minimum absolute atomic E-state index is 0.349. The number of anilines is 1. The highest BCUT2D eigenvalue weighted by Crippen LogP contribution is 2.30. The van der Waals surface area contributed by atoms with E-state index in [2.05, 4.69) is 20.7 Å². The van der Waals surface area contributed by atoms with Crippen molar-refractivity contribution in [3.05, 3.63) is 46.9 Å². The van der Waals surface area contributed by atoms with Gasteiger partial charge in [0.15, 0.2) is 5.82 Å². The fourth-order valence-electron chi connectivity index (χ4n) is 2.19. The number of nitrogen functional groups attached to an aromatic ring is 1. The second-order valence-electron chi connectivity index (χ2n) is 5.08. The lowest BCUT2D eigenvalue weighted by Crippen LogP contribution is -2.14. The molecule has 1 aromatic carbocycles. The fraction of sp³-hybridized carbons (Fsp3) is 0.188. The molecule has 0 fully saturated rings. The molecule has 3 N–H and O–H groups in total. The van der Waals surface area contributed by atoms with Crippen LogP contribution in [0, 0.1) is 0 Å². The molecule has 8 nitrogen and oxygen atoms in total. The Morgan fingerprint density at radius 3 is 2.88 bits per heavy atom. The largest absolute Gasteiger partial charge is 0.495 e. The number of benzene rings is 1. The second-order valence-corrected chi connectivity index (χ2v) is 5.49. The quantitative estimate of drug-likeness (QED) is 0.398. The number of furan rings is 1. The van der Waals surface area contributed by atoms with E-state index in [4.69, 9.17) is 26.6 Å². The zero-order chi connectivity index (χ0) is 17.8. The van der Waals surface area contributed by atoms with Crippen molar-refractivity contribution in [3.8, 4) is 17.1 Å². The molecule has 3 rings (SSSR count). The minimum atomic E-state index is 0.349. The third-order valence-corrected chi connectivity index (χ3v) is 3.80. The van der Waals surface area contributed by atoms with E-state index < -0.39 is 0 Å². The zero-order valence-corrected chi connectivity index (χ0v) is 14.5. The van der Waals surface area contributed by atoms with Gasteiger partial charge in [-0.2, -0.15) is 5.10 Å². The number of aryl methyl sites for hydroxylation is 1. The topological polar surface area (TPSA) is 103 Å². The maximum Gasteiger partial charge on any atom is 0.263 e. The van der Waals surface area contributed by atoms with Crippen LogP contribution in [0.4, 0.5) is 5.95 Å². The van der Waals surface area contributed by atoms with E-state index in [0.29, 0.717) is 40.5 Å². The van der Waals surface area contributed by atoms with Crippen molar-refractivity contribution in [1.29, 1.82) is 0 Å². The van der Waals surface area contributed by atoms with Crippen LogP contribution in [0.2, 0.25) is 5.02 Å². The third-order valence-electron chi connectivity index (χ3n) is 3.50. The van der Waals surface area contributed by atoms with Crippen LogP contribution in [0.25, 0.3) is 11.3 Å². The first kappa shape index (κ1) is 16.8. The lowest BCUT2D eigenvalue weighted by molar-refractivity contribution is 0.415. The highest BCUT2D eigenvalue weighted by atomic mass is 35.5. The van der Waals surface area contributed by atoms with Gasteiger partial charge in [0.1, 0.15) is 17.3 Å². The van der Waals surface area contributed by atoms with Crippen molar-refractivity contribution >= 4 is 23.8 Å². The lowest BCUT2D eigenvalue weighted by Gasteiger charge is -2.04. The van der Waals surface area contributed by atoms with Gasteiger partial charge in [0.25, 0.3) is 5.95 Å². The molecule has 9 heteroatoms. The predicted octanol–water partition coefficient (Wildman–Crippen LogP) is 2.92. The van der Waals surface area contributed by atoms with Crippen molar-refractivity contribution < 1.29 is 9.15 Å². The van der Waals surface area contributed by atoms with Gasteiger partial charge in [0.2, 0.25) is 0 Å². The predicted molar refractivity (Wildman–Crippen MR) is 96.5 cm³/mol. The first-order chi connectivity index (χ1) is 12.1. The molecule has 0 aliphatic carbocycles. The Labute approximate surface area is 149 Å². The number of hydrogen-bond acceptors (Lipinski definition) is 7. The van der Waals surface area contributed by atoms with Crippen molar-refractivity contribution in [3.63, 3.8) is 0 Å². The molecule has 0 atom stereocenters. The maximum absolute atomic E-state index is 6.14. The Morgan fingerprint density at radius 1 is 1.36 bits per heavy atom. The molecule has 25 heavy (non-hydrogen) atoms. The van der Waals surface area contributed by atoms with E-state index in [1.807, 2.05) is 19.1 Å². The minimum Gasteiger partial charge on any atom is -0.495 e. The third kappa shape index (κ3) is 3.58. The molecule has 0 aliphatic rings. The number of aromatic nitrogens is 3. The Morgan fingerprint density at radius 2 is 2.20 bits per heavy atom. The van der Waals surface area contributed by atoms with Crippen LogP contribution in [0.3, 0.4) is 0 Å². The molecule has 0 aliphatic heterocycles. The molecule has 2 heterocycles. The van der Waals surface area contributed by atoms with Gasteiger partial charge in [-0.25, -0.2) is 10.1 Å². The summed E-state index contributed by atoms with van der Waals surface area (Å²) in [7, 11) is 1.57. The summed E-state index contributed by atoms with van der Waals surface area (Å²) in [6.45, 7) is 1.94. The monoisotopic (exact) mass is 360 g/mol. The average molecular weight is 361 g/mol. The van der Waals surface area contributed by atoms with Gasteiger partial charge < -0.3 is 15.0 Å². The highest BCUT2D eigenvalue weighted by Gasteiger charge is 2.08. The Balaban J connectivity index is 1.71. The van der Waals surface area contributed by atoms with Gasteiger partial charge in [0.05, 0.1) is 18.3 Å². The summed E-state index contributed by atoms with van der Waals surface area (Å²) < 4.78 is 12.2. The normalized spacial score (nSPS) is 11.2. The molecule has 2 aromatic heterocycles. The fourth-order valence-corrected chi connectivity index (χ4v) is 2.45.